The number of carboxylic acids is 3. The lowest BCUT2D eigenvalue weighted by molar-refractivity contribution is -0.143. The summed E-state index contributed by atoms with van der Waals surface area (Å²) in [7, 11) is 4.30. The molecule has 0 aliphatic heterocycles. The first-order valence-corrected chi connectivity index (χ1v) is 19.4. The normalized spacial score (nSPS) is 13.0. The van der Waals surface area contributed by atoms with Gasteiger partial charge in [-0.15, -0.1) is 0 Å². The number of nitrogens with zero attached hydrogens (tertiary/aromatic N) is 3. The molecule has 308 valence electrons. The minimum atomic E-state index is -1.69. The summed E-state index contributed by atoms with van der Waals surface area (Å²) in [6.07, 6.45) is -0.229. The zero-order valence-corrected chi connectivity index (χ0v) is 31.9. The Balaban J connectivity index is 1.46. The Kier molecular flexibility index (Phi) is 17.9. The van der Waals surface area contributed by atoms with E-state index in [1.807, 2.05) is 0 Å². The third-order valence-corrected chi connectivity index (χ3v) is 10.0. The van der Waals surface area contributed by atoms with Crippen molar-refractivity contribution in [3.8, 4) is 0 Å². The number of hydrogen-bond acceptors (Lipinski definition) is 17. The summed E-state index contributed by atoms with van der Waals surface area (Å²) < 4.78 is 0. The van der Waals surface area contributed by atoms with E-state index in [-0.39, 0.29) is 41.4 Å². The van der Waals surface area contributed by atoms with Gasteiger partial charge in [0, 0.05) is 42.3 Å². The van der Waals surface area contributed by atoms with Crippen LogP contribution in [0, 0.1) is 0 Å². The van der Waals surface area contributed by atoms with Crippen molar-refractivity contribution in [1.29, 1.82) is 0 Å². The largest absolute Gasteiger partial charge is 0.481 e. The Hall–Kier alpha value is -6.05. The number of carbonyl (C=O) groups is 7. The summed E-state index contributed by atoms with van der Waals surface area (Å²) in [5.41, 5.74) is 12.0. The van der Waals surface area contributed by atoms with Crippen LogP contribution in [-0.2, 0) is 35.3 Å². The lowest BCUT2D eigenvalue weighted by Gasteiger charge is -2.22. The number of benzene rings is 1. The molecule has 4 unspecified atom stereocenters. The van der Waals surface area contributed by atoms with Crippen LogP contribution < -0.4 is 48.9 Å². The van der Waals surface area contributed by atoms with Gasteiger partial charge in [-0.2, -0.15) is 4.98 Å². The standard InChI is InChI=1S/C32H42N12O11S2/c1-35-8-9-56-57-14-21(31(54)55)42-28(50)20(10-23(46)47)41-27(49)18(33)13-37-22(45)7-6-19(30(52)53)40-26(48)15-2-4-16(5-3-15)36-11-17-12-38-25-24(39-17)29(51)44-32(34)43-25/h2-5,12,18-21,35-36H,6-11,13-14,33H2,1H3,(H,37,45)(H,40,48)(H,41,49)(H,42,50)(H,46,47)(H,52,53)(H,54,55)(H3,34,38,43,44,51). The van der Waals surface area contributed by atoms with Crippen LogP contribution in [-0.4, -0.2) is 133 Å². The highest BCUT2D eigenvalue weighted by Crippen LogP contribution is 2.21. The van der Waals surface area contributed by atoms with E-state index in [0.29, 0.717) is 23.7 Å². The number of aliphatic carboxylic acids is 3. The summed E-state index contributed by atoms with van der Waals surface area (Å²) in [5, 5.41) is 43.4. The molecule has 0 radical (unpaired) electrons. The fourth-order valence-electron chi connectivity index (χ4n) is 4.60. The van der Waals surface area contributed by atoms with Gasteiger partial charge in [0.15, 0.2) is 11.2 Å². The Bertz CT molecular complexity index is 1990. The highest BCUT2D eigenvalue weighted by Gasteiger charge is 2.30. The molecule has 4 atom stereocenters. The van der Waals surface area contributed by atoms with Crippen molar-refractivity contribution in [3.63, 3.8) is 0 Å². The molecule has 0 bridgehead atoms. The first kappa shape index (κ1) is 45.3. The van der Waals surface area contributed by atoms with Gasteiger partial charge in [-0.3, -0.25) is 33.8 Å². The smallest absolute Gasteiger partial charge is 0.327 e. The second-order valence-corrected chi connectivity index (χ2v) is 14.6. The predicted molar refractivity (Wildman–Crippen MR) is 208 cm³/mol. The monoisotopic (exact) mass is 834 g/mol. The van der Waals surface area contributed by atoms with E-state index in [2.05, 4.69) is 51.8 Å². The van der Waals surface area contributed by atoms with Crippen molar-refractivity contribution in [1.82, 2.24) is 46.5 Å². The molecule has 14 N–H and O–H groups in total. The number of carboxylic acid groups (broad SMARTS) is 3. The van der Waals surface area contributed by atoms with E-state index in [0.717, 1.165) is 0 Å². The number of nitrogen functional groups attached to an aromatic ring is 1. The Morgan fingerprint density at radius 3 is 2.23 bits per heavy atom. The van der Waals surface area contributed by atoms with Gasteiger partial charge in [0.1, 0.15) is 24.2 Å². The van der Waals surface area contributed by atoms with E-state index >= 15 is 0 Å². The number of amides is 4. The zero-order chi connectivity index (χ0) is 42.1. The lowest BCUT2D eigenvalue weighted by Crippen LogP contribution is -2.57. The molecule has 3 aromatic rings. The number of aromatic amines is 1. The van der Waals surface area contributed by atoms with Crippen LogP contribution >= 0.6 is 21.6 Å². The van der Waals surface area contributed by atoms with Crippen LogP contribution in [0.25, 0.3) is 11.2 Å². The molecule has 25 heteroatoms. The van der Waals surface area contributed by atoms with Gasteiger partial charge in [-0.05, 0) is 37.7 Å². The molecule has 0 saturated heterocycles. The molecule has 3 rings (SSSR count). The number of nitrogens with one attached hydrogen (secondary N) is 7. The summed E-state index contributed by atoms with van der Waals surface area (Å²) in [5.74, 6) is -7.29. The first-order valence-electron chi connectivity index (χ1n) is 16.9. The summed E-state index contributed by atoms with van der Waals surface area (Å²) in [6, 6.07) is -0.0678. The highest BCUT2D eigenvalue weighted by molar-refractivity contribution is 8.76. The van der Waals surface area contributed by atoms with Gasteiger partial charge in [0.2, 0.25) is 23.7 Å². The molecular weight excluding hydrogens is 793 g/mol. The zero-order valence-electron chi connectivity index (χ0n) is 30.3. The van der Waals surface area contributed by atoms with E-state index in [1.54, 1.807) is 19.2 Å². The Labute approximate surface area is 331 Å². The maximum absolute atomic E-state index is 12.8. The van der Waals surface area contributed by atoms with Crippen LogP contribution in [0.2, 0.25) is 0 Å². The molecule has 0 spiro atoms. The van der Waals surface area contributed by atoms with Gasteiger partial charge in [0.25, 0.3) is 11.5 Å². The van der Waals surface area contributed by atoms with Gasteiger partial charge < -0.3 is 58.7 Å². The summed E-state index contributed by atoms with van der Waals surface area (Å²) >= 11 is 0. The second kappa shape index (κ2) is 22.5. The molecule has 0 fully saturated rings. The fraction of sp³-hybridized carbons (Fsp3) is 0.406. The number of aromatic nitrogens is 4. The van der Waals surface area contributed by atoms with Crippen molar-refractivity contribution >= 4 is 85.9 Å². The van der Waals surface area contributed by atoms with Gasteiger partial charge in [-0.1, -0.05) is 21.6 Å². The van der Waals surface area contributed by atoms with E-state index < -0.39 is 90.6 Å². The molecule has 4 amide bonds. The van der Waals surface area contributed by atoms with Crippen molar-refractivity contribution in [2.45, 2.75) is 50.0 Å². The molecule has 0 aliphatic carbocycles. The van der Waals surface area contributed by atoms with Crippen LogP contribution in [0.1, 0.15) is 35.3 Å². The number of anilines is 2. The summed E-state index contributed by atoms with van der Waals surface area (Å²) in [4.78, 5) is 112. The molecule has 57 heavy (non-hydrogen) atoms. The van der Waals surface area contributed by atoms with Crippen LogP contribution in [0.4, 0.5) is 11.6 Å². The van der Waals surface area contributed by atoms with Gasteiger partial charge in [0.05, 0.1) is 24.9 Å². The van der Waals surface area contributed by atoms with Gasteiger partial charge in [-0.25, -0.2) is 19.6 Å². The number of hydrogen-bond donors (Lipinski definition) is 12. The highest BCUT2D eigenvalue weighted by atomic mass is 33.1. The van der Waals surface area contributed by atoms with E-state index in [4.69, 9.17) is 11.5 Å². The lowest BCUT2D eigenvalue weighted by atomic mass is 10.1. The predicted octanol–water partition coefficient (Wildman–Crippen LogP) is -2.56. The third kappa shape index (κ3) is 15.2. The molecular formula is C32H42N12O11S2. The number of carbonyl (C=O) groups excluding carboxylic acids is 4. The fourth-order valence-corrected chi connectivity index (χ4v) is 6.76. The van der Waals surface area contributed by atoms with Crippen molar-refractivity contribution in [3.05, 3.63) is 52.1 Å². The average molecular weight is 835 g/mol. The van der Waals surface area contributed by atoms with E-state index in [1.165, 1.54) is 39.9 Å². The minimum absolute atomic E-state index is 0.00812. The number of fused-ring (bicyclic) bond motifs is 1. The van der Waals surface area contributed by atoms with Crippen LogP contribution in [0.15, 0.2) is 35.3 Å². The molecule has 23 nitrogen and oxygen atoms in total. The number of H-pyrrole nitrogens is 1. The van der Waals surface area contributed by atoms with E-state index in [9.17, 15) is 53.7 Å². The topological polar surface area (TPSA) is 376 Å². The second-order valence-electron chi connectivity index (χ2n) is 12.0. The van der Waals surface area contributed by atoms with Crippen molar-refractivity contribution in [2.24, 2.45) is 5.73 Å². The first-order chi connectivity index (χ1) is 27.1. The molecule has 0 aliphatic rings. The summed E-state index contributed by atoms with van der Waals surface area (Å²) in [6.45, 7) is 0.333. The number of nitrogens with two attached hydrogens (primary N) is 2. The molecule has 1 aromatic carbocycles. The SMILES string of the molecule is CNCCSSCC(NC(=O)C(CC(=O)O)NC(=O)C(N)CNC(=O)CCC(NC(=O)c1ccc(NCc2cnc3nc(N)[nH]c(=O)c3n2)cc1)C(=O)O)C(=O)O. The van der Waals surface area contributed by atoms with Gasteiger partial charge >= 0.3 is 17.9 Å². The third-order valence-electron chi connectivity index (χ3n) is 7.61. The Morgan fingerprint density at radius 1 is 0.895 bits per heavy atom. The van der Waals surface area contributed by atoms with Crippen molar-refractivity contribution < 1.29 is 48.9 Å². The average Bonchev–Trinajstić information content (AvgIpc) is 3.16. The maximum Gasteiger partial charge on any atom is 0.327 e. The molecule has 0 saturated carbocycles. The minimum Gasteiger partial charge on any atom is -0.481 e. The maximum atomic E-state index is 12.8. The molecule has 2 heterocycles. The van der Waals surface area contributed by atoms with Crippen molar-refractivity contribution in [2.75, 3.05) is 42.7 Å². The van der Waals surface area contributed by atoms with Crippen LogP contribution in [0.5, 0.6) is 0 Å². The van der Waals surface area contributed by atoms with Crippen LogP contribution in [0.3, 0.4) is 0 Å². The quantitative estimate of drug-likeness (QED) is 0.0326. The Morgan fingerprint density at radius 2 is 1.58 bits per heavy atom. The molecule has 2 aromatic heterocycles. The number of rotatable bonds is 24.